The zero-order valence-corrected chi connectivity index (χ0v) is 11.9. The predicted octanol–water partition coefficient (Wildman–Crippen LogP) is 3.28. The van der Waals surface area contributed by atoms with Gasteiger partial charge in [0.25, 0.3) is 0 Å². The van der Waals surface area contributed by atoms with Crippen LogP contribution in [0.3, 0.4) is 0 Å². The molecule has 0 saturated carbocycles. The third kappa shape index (κ3) is 4.10. The molecule has 4 heteroatoms. The van der Waals surface area contributed by atoms with Gasteiger partial charge in [-0.15, -0.1) is 0 Å². The van der Waals surface area contributed by atoms with E-state index in [2.05, 4.69) is 13.8 Å². The van der Waals surface area contributed by atoms with Crippen LogP contribution in [0.2, 0.25) is 0 Å². The maximum Gasteiger partial charge on any atom is 0.124 e. The Labute approximate surface area is 110 Å². The molecule has 0 aliphatic carbocycles. The van der Waals surface area contributed by atoms with Crippen molar-refractivity contribution in [1.82, 2.24) is 0 Å². The first-order valence-electron chi connectivity index (χ1n) is 6.57. The van der Waals surface area contributed by atoms with Crippen molar-refractivity contribution < 1.29 is 13.0 Å². The van der Waals surface area contributed by atoms with E-state index in [0.717, 1.165) is 43.2 Å². The summed E-state index contributed by atoms with van der Waals surface area (Å²) in [4.78, 5) is -0.0236. The SMILES string of the molecule is CCCCc1cccc(S(=O)(=O)[O-])c1CCCC. The summed E-state index contributed by atoms with van der Waals surface area (Å²) in [6.45, 7) is 4.15. The van der Waals surface area contributed by atoms with E-state index in [4.69, 9.17) is 0 Å². The first-order chi connectivity index (χ1) is 8.50. The molecule has 0 aliphatic rings. The van der Waals surface area contributed by atoms with E-state index in [-0.39, 0.29) is 4.90 Å². The molecule has 3 nitrogen and oxygen atoms in total. The highest BCUT2D eigenvalue weighted by Crippen LogP contribution is 2.23. The standard InChI is InChI=1S/C14H22O3S/c1-3-5-8-12-9-7-11-14(18(15,16)17)13(12)10-6-4-2/h7,9,11H,3-6,8,10H2,1-2H3,(H,15,16,17)/p-1. The monoisotopic (exact) mass is 269 g/mol. The summed E-state index contributed by atoms with van der Waals surface area (Å²) < 4.78 is 33.9. The van der Waals surface area contributed by atoms with Gasteiger partial charge in [0.1, 0.15) is 10.1 Å². The lowest BCUT2D eigenvalue weighted by Gasteiger charge is -2.17. The molecule has 0 aromatic heterocycles. The van der Waals surface area contributed by atoms with Crippen molar-refractivity contribution in [3.05, 3.63) is 29.3 Å². The summed E-state index contributed by atoms with van der Waals surface area (Å²) in [6.07, 6.45) is 5.49. The number of rotatable bonds is 7. The van der Waals surface area contributed by atoms with Crippen LogP contribution in [0.1, 0.15) is 50.7 Å². The summed E-state index contributed by atoms with van der Waals surface area (Å²) in [6, 6.07) is 5.04. The molecule has 0 spiro atoms. The number of hydrogen-bond donors (Lipinski definition) is 0. The Balaban J connectivity index is 3.17. The van der Waals surface area contributed by atoms with Crippen LogP contribution in [0, 0.1) is 0 Å². The Morgan fingerprint density at radius 3 is 2.22 bits per heavy atom. The minimum Gasteiger partial charge on any atom is -0.744 e. The summed E-state index contributed by atoms with van der Waals surface area (Å²) in [7, 11) is -4.36. The molecule has 0 unspecified atom stereocenters. The van der Waals surface area contributed by atoms with Crippen LogP contribution in [0.25, 0.3) is 0 Å². The summed E-state index contributed by atoms with van der Waals surface area (Å²) in [5, 5.41) is 0. The van der Waals surface area contributed by atoms with Crippen molar-refractivity contribution in [1.29, 1.82) is 0 Å². The van der Waals surface area contributed by atoms with Gasteiger partial charge in [0, 0.05) is 0 Å². The van der Waals surface area contributed by atoms with Crippen LogP contribution in [-0.2, 0) is 23.0 Å². The molecule has 1 aromatic carbocycles. The van der Waals surface area contributed by atoms with Crippen molar-refractivity contribution in [2.45, 2.75) is 57.3 Å². The molecular formula is C14H21O3S-. The summed E-state index contributed by atoms with van der Waals surface area (Å²) >= 11 is 0. The first-order valence-corrected chi connectivity index (χ1v) is 7.98. The van der Waals surface area contributed by atoms with Gasteiger partial charge in [0.2, 0.25) is 0 Å². The minimum atomic E-state index is -4.36. The molecule has 0 aliphatic heterocycles. The molecular weight excluding hydrogens is 248 g/mol. The van der Waals surface area contributed by atoms with Crippen LogP contribution in [0.15, 0.2) is 23.1 Å². The second-order valence-corrected chi connectivity index (χ2v) is 5.90. The van der Waals surface area contributed by atoms with Crippen molar-refractivity contribution in [2.24, 2.45) is 0 Å². The van der Waals surface area contributed by atoms with E-state index in [0.29, 0.717) is 6.42 Å². The van der Waals surface area contributed by atoms with E-state index in [9.17, 15) is 13.0 Å². The Bertz CT molecular complexity index is 478. The number of aryl methyl sites for hydroxylation is 1. The van der Waals surface area contributed by atoms with Gasteiger partial charge in [0.15, 0.2) is 0 Å². The molecule has 0 atom stereocenters. The van der Waals surface area contributed by atoms with Crippen molar-refractivity contribution in [3.8, 4) is 0 Å². The second-order valence-electron chi connectivity index (χ2n) is 4.56. The van der Waals surface area contributed by atoms with E-state index in [1.165, 1.54) is 6.07 Å². The van der Waals surface area contributed by atoms with Crippen LogP contribution in [-0.4, -0.2) is 13.0 Å². The Morgan fingerprint density at radius 1 is 1.06 bits per heavy atom. The van der Waals surface area contributed by atoms with Crippen LogP contribution in [0.5, 0.6) is 0 Å². The molecule has 102 valence electrons. The number of hydrogen-bond acceptors (Lipinski definition) is 3. The Hall–Kier alpha value is -0.870. The molecule has 1 rings (SSSR count). The average molecular weight is 269 g/mol. The topological polar surface area (TPSA) is 57.2 Å². The van der Waals surface area contributed by atoms with Crippen molar-refractivity contribution in [3.63, 3.8) is 0 Å². The first kappa shape index (κ1) is 15.2. The lowest BCUT2D eigenvalue weighted by atomic mass is 9.98. The van der Waals surface area contributed by atoms with Gasteiger partial charge in [-0.1, -0.05) is 38.8 Å². The third-order valence-electron chi connectivity index (χ3n) is 3.08. The smallest absolute Gasteiger partial charge is 0.124 e. The van der Waals surface area contributed by atoms with E-state index in [1.54, 1.807) is 6.07 Å². The third-order valence-corrected chi connectivity index (χ3v) is 4.00. The second kappa shape index (κ2) is 6.90. The molecule has 0 radical (unpaired) electrons. The largest absolute Gasteiger partial charge is 0.744 e. The molecule has 0 bridgehead atoms. The minimum absolute atomic E-state index is 0.0236. The zero-order chi connectivity index (χ0) is 13.6. The predicted molar refractivity (Wildman–Crippen MR) is 71.6 cm³/mol. The average Bonchev–Trinajstić information content (AvgIpc) is 2.32. The maximum absolute atomic E-state index is 11.3. The highest BCUT2D eigenvalue weighted by molar-refractivity contribution is 7.85. The van der Waals surface area contributed by atoms with Gasteiger partial charge >= 0.3 is 0 Å². The van der Waals surface area contributed by atoms with E-state index in [1.807, 2.05) is 6.07 Å². The molecule has 18 heavy (non-hydrogen) atoms. The van der Waals surface area contributed by atoms with E-state index < -0.39 is 10.1 Å². The molecule has 0 N–H and O–H groups in total. The normalized spacial score (nSPS) is 11.7. The van der Waals surface area contributed by atoms with Crippen molar-refractivity contribution in [2.75, 3.05) is 0 Å². The van der Waals surface area contributed by atoms with Crippen LogP contribution < -0.4 is 0 Å². The van der Waals surface area contributed by atoms with Gasteiger partial charge in [-0.2, -0.15) is 0 Å². The van der Waals surface area contributed by atoms with Crippen LogP contribution in [0.4, 0.5) is 0 Å². The van der Waals surface area contributed by atoms with Gasteiger partial charge in [-0.25, -0.2) is 8.42 Å². The fourth-order valence-electron chi connectivity index (χ4n) is 2.08. The van der Waals surface area contributed by atoms with Gasteiger partial charge in [0.05, 0.1) is 4.90 Å². The van der Waals surface area contributed by atoms with Gasteiger partial charge in [-0.3, -0.25) is 0 Å². The lowest BCUT2D eigenvalue weighted by molar-refractivity contribution is 0.461. The van der Waals surface area contributed by atoms with Gasteiger partial charge < -0.3 is 4.55 Å². The van der Waals surface area contributed by atoms with E-state index >= 15 is 0 Å². The highest BCUT2D eigenvalue weighted by atomic mass is 32.2. The fraction of sp³-hybridized carbons (Fsp3) is 0.571. The Morgan fingerprint density at radius 2 is 1.67 bits per heavy atom. The highest BCUT2D eigenvalue weighted by Gasteiger charge is 2.12. The quantitative estimate of drug-likeness (QED) is 0.714. The van der Waals surface area contributed by atoms with Gasteiger partial charge in [-0.05, 0) is 42.9 Å². The molecule has 0 amide bonds. The molecule has 0 saturated heterocycles. The summed E-state index contributed by atoms with van der Waals surface area (Å²) in [5.74, 6) is 0. The molecule has 0 heterocycles. The number of benzene rings is 1. The van der Waals surface area contributed by atoms with Crippen LogP contribution >= 0.6 is 0 Å². The lowest BCUT2D eigenvalue weighted by Crippen LogP contribution is -2.07. The van der Waals surface area contributed by atoms with Crippen molar-refractivity contribution >= 4 is 10.1 Å². The molecule has 0 fully saturated rings. The maximum atomic E-state index is 11.3. The summed E-state index contributed by atoms with van der Waals surface area (Å²) in [5.41, 5.74) is 1.75. The zero-order valence-electron chi connectivity index (χ0n) is 11.1. The number of unbranched alkanes of at least 4 members (excludes halogenated alkanes) is 2. The fourth-order valence-corrected chi connectivity index (χ4v) is 2.86. The Kier molecular flexibility index (Phi) is 5.82. The molecule has 1 aromatic rings.